The highest BCUT2D eigenvalue weighted by Crippen LogP contribution is 2.36. The molecule has 0 aliphatic heterocycles. The van der Waals surface area contributed by atoms with Gasteiger partial charge in [0.15, 0.2) is 18.1 Å². The fourth-order valence-corrected chi connectivity index (χ4v) is 3.33. The van der Waals surface area contributed by atoms with Crippen LogP contribution in [0, 0.1) is 20.8 Å². The standard InChI is InChI=1S/C25H27ClN2O3/c1-16-5-8-20(9-6-16)28-24(29)15-31-25-22(26)12-19(13-23(25)30-4)14-27-21-10-7-17(2)18(3)11-21/h5-13,27H,14-15H2,1-4H3,(H,28,29). The van der Waals surface area contributed by atoms with Crippen molar-refractivity contribution >= 4 is 28.9 Å². The lowest BCUT2D eigenvalue weighted by Gasteiger charge is -2.15. The van der Waals surface area contributed by atoms with Crippen LogP contribution in [0.3, 0.4) is 0 Å². The van der Waals surface area contributed by atoms with E-state index in [1.165, 1.54) is 11.1 Å². The third-order valence-corrected chi connectivity index (χ3v) is 5.26. The first-order chi connectivity index (χ1) is 14.9. The maximum absolute atomic E-state index is 12.2. The van der Waals surface area contributed by atoms with Gasteiger partial charge in [-0.05, 0) is 73.9 Å². The topological polar surface area (TPSA) is 59.6 Å². The van der Waals surface area contributed by atoms with Crippen LogP contribution in [0.1, 0.15) is 22.3 Å². The number of ether oxygens (including phenoxy) is 2. The summed E-state index contributed by atoms with van der Waals surface area (Å²) in [6, 6.07) is 17.5. The molecule has 0 aliphatic rings. The second-order valence-corrected chi connectivity index (χ2v) is 7.87. The normalized spacial score (nSPS) is 10.5. The summed E-state index contributed by atoms with van der Waals surface area (Å²) in [5.74, 6) is 0.549. The van der Waals surface area contributed by atoms with E-state index in [-0.39, 0.29) is 12.5 Å². The summed E-state index contributed by atoms with van der Waals surface area (Å²) in [6.07, 6.45) is 0. The highest BCUT2D eigenvalue weighted by molar-refractivity contribution is 6.32. The number of carbonyl (C=O) groups is 1. The summed E-state index contributed by atoms with van der Waals surface area (Å²) in [5.41, 5.74) is 6.29. The van der Waals surface area contributed by atoms with Crippen molar-refractivity contribution in [2.75, 3.05) is 24.4 Å². The second kappa shape index (κ2) is 10.2. The lowest BCUT2D eigenvalue weighted by Crippen LogP contribution is -2.20. The SMILES string of the molecule is COc1cc(CNc2ccc(C)c(C)c2)cc(Cl)c1OCC(=O)Nc1ccc(C)cc1. The van der Waals surface area contributed by atoms with Crippen molar-refractivity contribution in [1.82, 2.24) is 0 Å². The first-order valence-electron chi connectivity index (χ1n) is 10.0. The molecule has 2 N–H and O–H groups in total. The number of methoxy groups -OCH3 is 1. The van der Waals surface area contributed by atoms with E-state index in [0.29, 0.717) is 28.8 Å². The first-order valence-corrected chi connectivity index (χ1v) is 10.4. The summed E-state index contributed by atoms with van der Waals surface area (Å²) in [6.45, 7) is 6.56. The van der Waals surface area contributed by atoms with Gasteiger partial charge in [0.05, 0.1) is 12.1 Å². The number of rotatable bonds is 8. The Labute approximate surface area is 188 Å². The van der Waals surface area contributed by atoms with Gasteiger partial charge < -0.3 is 20.1 Å². The molecule has 0 spiro atoms. The van der Waals surface area contributed by atoms with Crippen LogP contribution in [0.25, 0.3) is 0 Å². The number of amides is 1. The maximum atomic E-state index is 12.2. The fraction of sp³-hybridized carbons (Fsp3) is 0.240. The first kappa shape index (κ1) is 22.5. The number of aryl methyl sites for hydroxylation is 3. The molecule has 162 valence electrons. The molecule has 0 radical (unpaired) electrons. The summed E-state index contributed by atoms with van der Waals surface area (Å²) < 4.78 is 11.1. The summed E-state index contributed by atoms with van der Waals surface area (Å²) in [5, 5.41) is 6.57. The van der Waals surface area contributed by atoms with E-state index in [1.54, 1.807) is 7.11 Å². The van der Waals surface area contributed by atoms with Crippen molar-refractivity contribution in [2.24, 2.45) is 0 Å². The number of hydrogen-bond donors (Lipinski definition) is 2. The summed E-state index contributed by atoms with van der Waals surface area (Å²) >= 11 is 6.44. The molecule has 0 saturated carbocycles. The van der Waals surface area contributed by atoms with E-state index in [0.717, 1.165) is 16.8 Å². The number of carbonyl (C=O) groups excluding carboxylic acids is 1. The van der Waals surface area contributed by atoms with Crippen molar-refractivity contribution in [1.29, 1.82) is 0 Å². The molecule has 0 atom stereocenters. The van der Waals surface area contributed by atoms with Crippen molar-refractivity contribution in [3.63, 3.8) is 0 Å². The molecule has 0 unspecified atom stereocenters. The monoisotopic (exact) mass is 438 g/mol. The van der Waals surface area contributed by atoms with Crippen LogP contribution in [0.5, 0.6) is 11.5 Å². The molecule has 0 saturated heterocycles. The minimum Gasteiger partial charge on any atom is -0.493 e. The highest BCUT2D eigenvalue weighted by Gasteiger charge is 2.14. The average molecular weight is 439 g/mol. The molecule has 0 aromatic heterocycles. The van der Waals surface area contributed by atoms with E-state index >= 15 is 0 Å². The number of hydrogen-bond acceptors (Lipinski definition) is 4. The molecule has 3 aromatic carbocycles. The minimum atomic E-state index is -0.276. The molecule has 6 heteroatoms. The van der Waals surface area contributed by atoms with Crippen LogP contribution < -0.4 is 20.1 Å². The molecule has 0 bridgehead atoms. The van der Waals surface area contributed by atoms with Gasteiger partial charge in [-0.2, -0.15) is 0 Å². The Balaban J connectivity index is 1.63. The van der Waals surface area contributed by atoms with Crippen LogP contribution in [-0.2, 0) is 11.3 Å². The van der Waals surface area contributed by atoms with Gasteiger partial charge >= 0.3 is 0 Å². The molecule has 3 rings (SSSR count). The third-order valence-electron chi connectivity index (χ3n) is 4.98. The van der Waals surface area contributed by atoms with E-state index < -0.39 is 0 Å². The zero-order valence-corrected chi connectivity index (χ0v) is 19.0. The molecule has 5 nitrogen and oxygen atoms in total. The van der Waals surface area contributed by atoms with Crippen molar-refractivity contribution in [3.05, 3.63) is 81.9 Å². The average Bonchev–Trinajstić information content (AvgIpc) is 2.75. The van der Waals surface area contributed by atoms with Gasteiger partial charge in [-0.15, -0.1) is 0 Å². The number of halogens is 1. The second-order valence-electron chi connectivity index (χ2n) is 7.46. The lowest BCUT2D eigenvalue weighted by atomic mass is 10.1. The molecule has 0 heterocycles. The minimum absolute atomic E-state index is 0.176. The van der Waals surface area contributed by atoms with Crippen LogP contribution in [0.2, 0.25) is 5.02 Å². The van der Waals surface area contributed by atoms with Gasteiger partial charge in [0.1, 0.15) is 0 Å². The molecule has 3 aromatic rings. The Morgan fingerprint density at radius 1 is 0.935 bits per heavy atom. The zero-order valence-electron chi connectivity index (χ0n) is 18.2. The molecule has 1 amide bonds. The number of nitrogens with one attached hydrogen (secondary N) is 2. The molecular formula is C25H27ClN2O3. The number of anilines is 2. The molecule has 0 aliphatic carbocycles. The van der Waals surface area contributed by atoms with Crippen LogP contribution in [0.15, 0.2) is 54.6 Å². The summed E-state index contributed by atoms with van der Waals surface area (Å²) in [4.78, 5) is 12.2. The van der Waals surface area contributed by atoms with Crippen molar-refractivity contribution in [3.8, 4) is 11.5 Å². The smallest absolute Gasteiger partial charge is 0.262 e. The molecule has 31 heavy (non-hydrogen) atoms. The Hall–Kier alpha value is -3.18. The third kappa shape index (κ3) is 6.15. The van der Waals surface area contributed by atoms with Gasteiger partial charge in [-0.25, -0.2) is 0 Å². The van der Waals surface area contributed by atoms with E-state index in [9.17, 15) is 4.79 Å². The highest BCUT2D eigenvalue weighted by atomic mass is 35.5. The van der Waals surface area contributed by atoms with Gasteiger partial charge in [0.2, 0.25) is 0 Å². The van der Waals surface area contributed by atoms with Gasteiger partial charge in [0.25, 0.3) is 5.91 Å². The quantitative estimate of drug-likeness (QED) is 0.459. The van der Waals surface area contributed by atoms with Crippen LogP contribution in [0.4, 0.5) is 11.4 Å². The van der Waals surface area contributed by atoms with E-state index in [1.807, 2.05) is 49.4 Å². The Morgan fingerprint density at radius 2 is 1.65 bits per heavy atom. The number of benzene rings is 3. The lowest BCUT2D eigenvalue weighted by molar-refractivity contribution is -0.118. The van der Waals surface area contributed by atoms with Crippen LogP contribution >= 0.6 is 11.6 Å². The Morgan fingerprint density at radius 3 is 2.32 bits per heavy atom. The Bertz CT molecular complexity index is 1070. The molecular weight excluding hydrogens is 412 g/mol. The predicted octanol–water partition coefficient (Wildman–Crippen LogP) is 5.90. The fourth-order valence-electron chi connectivity index (χ4n) is 3.04. The summed E-state index contributed by atoms with van der Waals surface area (Å²) in [7, 11) is 1.55. The maximum Gasteiger partial charge on any atom is 0.262 e. The van der Waals surface area contributed by atoms with Gasteiger partial charge in [0, 0.05) is 17.9 Å². The van der Waals surface area contributed by atoms with E-state index in [2.05, 4.69) is 36.6 Å². The predicted molar refractivity (Wildman–Crippen MR) is 127 cm³/mol. The van der Waals surface area contributed by atoms with Crippen molar-refractivity contribution < 1.29 is 14.3 Å². The van der Waals surface area contributed by atoms with Gasteiger partial charge in [-0.1, -0.05) is 35.4 Å². The van der Waals surface area contributed by atoms with Crippen molar-refractivity contribution in [2.45, 2.75) is 27.3 Å². The van der Waals surface area contributed by atoms with Gasteiger partial charge in [-0.3, -0.25) is 4.79 Å². The van der Waals surface area contributed by atoms with E-state index in [4.69, 9.17) is 21.1 Å². The largest absolute Gasteiger partial charge is 0.493 e. The zero-order chi connectivity index (χ0) is 22.4. The molecule has 0 fully saturated rings. The Kier molecular flexibility index (Phi) is 7.42. The van der Waals surface area contributed by atoms with Crippen LogP contribution in [-0.4, -0.2) is 19.6 Å².